The van der Waals surface area contributed by atoms with E-state index in [2.05, 4.69) is 15.9 Å². The van der Waals surface area contributed by atoms with Gasteiger partial charge in [0.1, 0.15) is 0 Å². The predicted molar refractivity (Wildman–Crippen MR) is 66.4 cm³/mol. The number of carboxylic acids is 1. The van der Waals surface area contributed by atoms with Crippen LogP contribution in [-0.4, -0.2) is 17.3 Å². The highest BCUT2D eigenvalue weighted by Crippen LogP contribution is 2.27. The molecule has 82 valence electrons. The zero-order valence-electron chi connectivity index (χ0n) is 8.66. The zero-order chi connectivity index (χ0) is 11.4. The van der Waals surface area contributed by atoms with Crippen LogP contribution in [0.25, 0.3) is 0 Å². The number of thioether (sulfide) groups is 1. The maximum atomic E-state index is 10.7. The number of benzene rings is 1. The Hall–Kier alpha value is -0.480. The van der Waals surface area contributed by atoms with Crippen LogP contribution in [0, 0.1) is 5.92 Å². The first-order valence-corrected chi connectivity index (χ1v) is 6.61. The fraction of sp³-hybridized carbons (Fsp3) is 0.364. The fourth-order valence-electron chi connectivity index (χ4n) is 1.28. The summed E-state index contributed by atoms with van der Waals surface area (Å²) in [6.45, 7) is 1.72. The van der Waals surface area contributed by atoms with Gasteiger partial charge in [-0.2, -0.15) is 0 Å². The van der Waals surface area contributed by atoms with Crippen molar-refractivity contribution in [3.63, 3.8) is 0 Å². The van der Waals surface area contributed by atoms with Crippen molar-refractivity contribution in [1.82, 2.24) is 0 Å². The van der Waals surface area contributed by atoms with E-state index < -0.39 is 5.97 Å². The molecule has 0 saturated heterocycles. The molecule has 0 aliphatic rings. The third-order valence-corrected chi connectivity index (χ3v) is 3.89. The van der Waals surface area contributed by atoms with Gasteiger partial charge in [-0.05, 0) is 46.3 Å². The van der Waals surface area contributed by atoms with Crippen molar-refractivity contribution < 1.29 is 9.90 Å². The standard InChI is InChI=1S/C11H13BrO2S/c1-7(11(13)14)5-8-3-4-10(15-2)9(12)6-8/h3-4,6-7H,5H2,1-2H3,(H,13,14). The second-order valence-corrected chi connectivity index (χ2v) is 5.11. The van der Waals surface area contributed by atoms with Crippen LogP contribution >= 0.6 is 27.7 Å². The normalized spacial score (nSPS) is 12.5. The average Bonchev–Trinajstić information content (AvgIpc) is 2.18. The summed E-state index contributed by atoms with van der Waals surface area (Å²) in [6.07, 6.45) is 2.59. The van der Waals surface area contributed by atoms with Gasteiger partial charge in [0.15, 0.2) is 0 Å². The van der Waals surface area contributed by atoms with Crippen molar-refractivity contribution in [2.75, 3.05) is 6.26 Å². The number of hydrogen-bond acceptors (Lipinski definition) is 2. The summed E-state index contributed by atoms with van der Waals surface area (Å²) in [4.78, 5) is 11.9. The summed E-state index contributed by atoms with van der Waals surface area (Å²) in [5.41, 5.74) is 1.05. The molecule has 0 amide bonds. The van der Waals surface area contributed by atoms with Gasteiger partial charge in [0.2, 0.25) is 0 Å². The molecule has 4 heteroatoms. The van der Waals surface area contributed by atoms with E-state index in [1.165, 1.54) is 4.90 Å². The Balaban J connectivity index is 2.79. The van der Waals surface area contributed by atoms with Gasteiger partial charge in [0, 0.05) is 9.37 Å². The lowest BCUT2D eigenvalue weighted by atomic mass is 10.0. The van der Waals surface area contributed by atoms with Gasteiger partial charge in [-0.25, -0.2) is 0 Å². The minimum absolute atomic E-state index is 0.336. The van der Waals surface area contributed by atoms with Gasteiger partial charge >= 0.3 is 5.97 Å². The molecule has 1 N–H and O–H groups in total. The summed E-state index contributed by atoms with van der Waals surface area (Å²) in [7, 11) is 0. The largest absolute Gasteiger partial charge is 0.481 e. The number of hydrogen-bond donors (Lipinski definition) is 1. The SMILES string of the molecule is CSc1ccc(CC(C)C(=O)O)cc1Br. The van der Waals surface area contributed by atoms with E-state index >= 15 is 0 Å². The second-order valence-electron chi connectivity index (χ2n) is 3.41. The maximum absolute atomic E-state index is 10.7. The molecule has 0 saturated carbocycles. The minimum Gasteiger partial charge on any atom is -0.481 e. The molecule has 0 spiro atoms. The first kappa shape index (κ1) is 12.6. The Morgan fingerprint density at radius 3 is 2.73 bits per heavy atom. The van der Waals surface area contributed by atoms with Crippen LogP contribution in [0.4, 0.5) is 0 Å². The number of aliphatic carboxylic acids is 1. The van der Waals surface area contributed by atoms with Crippen molar-refractivity contribution >= 4 is 33.7 Å². The van der Waals surface area contributed by atoms with Gasteiger partial charge in [0.25, 0.3) is 0 Å². The lowest BCUT2D eigenvalue weighted by Crippen LogP contribution is -2.12. The van der Waals surface area contributed by atoms with Crippen LogP contribution in [0.1, 0.15) is 12.5 Å². The van der Waals surface area contributed by atoms with Crippen LogP contribution in [0.15, 0.2) is 27.6 Å². The van der Waals surface area contributed by atoms with Crippen LogP contribution < -0.4 is 0 Å². The van der Waals surface area contributed by atoms with E-state index in [0.717, 1.165) is 10.0 Å². The van der Waals surface area contributed by atoms with E-state index in [0.29, 0.717) is 6.42 Å². The number of halogens is 1. The van der Waals surface area contributed by atoms with Gasteiger partial charge in [-0.15, -0.1) is 11.8 Å². The Labute approximate surface area is 102 Å². The van der Waals surface area contributed by atoms with Crippen molar-refractivity contribution in [3.8, 4) is 0 Å². The number of carbonyl (C=O) groups is 1. The molecule has 0 heterocycles. The van der Waals surface area contributed by atoms with Gasteiger partial charge in [-0.1, -0.05) is 13.0 Å². The van der Waals surface area contributed by atoms with E-state index in [1.54, 1.807) is 18.7 Å². The molecular weight excluding hydrogens is 276 g/mol. The monoisotopic (exact) mass is 288 g/mol. The van der Waals surface area contributed by atoms with E-state index in [4.69, 9.17) is 5.11 Å². The molecule has 0 aliphatic carbocycles. The predicted octanol–water partition coefficient (Wildman–Crippen LogP) is 3.43. The van der Waals surface area contributed by atoms with Gasteiger partial charge < -0.3 is 5.11 Å². The van der Waals surface area contributed by atoms with Crippen LogP contribution in [0.3, 0.4) is 0 Å². The number of carboxylic acid groups (broad SMARTS) is 1. The summed E-state index contributed by atoms with van der Waals surface area (Å²) in [5, 5.41) is 8.80. The molecule has 1 unspecified atom stereocenters. The first-order valence-electron chi connectivity index (χ1n) is 4.59. The fourth-order valence-corrected chi connectivity index (χ4v) is 2.65. The van der Waals surface area contributed by atoms with Crippen molar-refractivity contribution in [3.05, 3.63) is 28.2 Å². The van der Waals surface area contributed by atoms with Crippen LogP contribution in [-0.2, 0) is 11.2 Å². The molecule has 1 aromatic rings. The highest BCUT2D eigenvalue weighted by Gasteiger charge is 2.12. The van der Waals surface area contributed by atoms with Gasteiger partial charge in [-0.3, -0.25) is 4.79 Å². The van der Waals surface area contributed by atoms with Crippen molar-refractivity contribution in [1.29, 1.82) is 0 Å². The first-order chi connectivity index (χ1) is 7.04. The van der Waals surface area contributed by atoms with Gasteiger partial charge in [0.05, 0.1) is 5.92 Å². The van der Waals surface area contributed by atoms with Crippen molar-refractivity contribution in [2.24, 2.45) is 5.92 Å². The summed E-state index contributed by atoms with van der Waals surface area (Å²) in [5.74, 6) is -1.09. The molecule has 0 fully saturated rings. The number of rotatable bonds is 4. The summed E-state index contributed by atoms with van der Waals surface area (Å²) >= 11 is 5.13. The molecular formula is C11H13BrO2S. The smallest absolute Gasteiger partial charge is 0.306 e. The second kappa shape index (κ2) is 5.56. The Morgan fingerprint density at radius 1 is 1.60 bits per heavy atom. The lowest BCUT2D eigenvalue weighted by molar-refractivity contribution is -0.141. The summed E-state index contributed by atoms with van der Waals surface area (Å²) < 4.78 is 1.03. The Morgan fingerprint density at radius 2 is 2.27 bits per heavy atom. The molecule has 0 aromatic heterocycles. The van der Waals surface area contributed by atoms with E-state index in [1.807, 2.05) is 24.5 Å². The minimum atomic E-state index is -0.750. The molecule has 1 aromatic carbocycles. The molecule has 1 rings (SSSR count). The molecule has 15 heavy (non-hydrogen) atoms. The van der Waals surface area contributed by atoms with Crippen molar-refractivity contribution in [2.45, 2.75) is 18.2 Å². The quantitative estimate of drug-likeness (QED) is 0.863. The van der Waals surface area contributed by atoms with Crippen LogP contribution in [0.5, 0.6) is 0 Å². The molecule has 0 bridgehead atoms. The Bertz CT molecular complexity index is 366. The maximum Gasteiger partial charge on any atom is 0.306 e. The third-order valence-electron chi connectivity index (χ3n) is 2.18. The molecule has 1 atom stereocenters. The summed E-state index contributed by atoms with van der Waals surface area (Å²) in [6, 6.07) is 5.99. The molecule has 0 aliphatic heterocycles. The average molecular weight is 289 g/mol. The Kier molecular flexibility index (Phi) is 4.67. The highest BCUT2D eigenvalue weighted by atomic mass is 79.9. The lowest BCUT2D eigenvalue weighted by Gasteiger charge is -2.08. The molecule has 2 nitrogen and oxygen atoms in total. The topological polar surface area (TPSA) is 37.3 Å². The zero-order valence-corrected chi connectivity index (χ0v) is 11.1. The van der Waals surface area contributed by atoms with Crippen LogP contribution in [0.2, 0.25) is 0 Å². The third kappa shape index (κ3) is 3.54. The van der Waals surface area contributed by atoms with E-state index in [-0.39, 0.29) is 5.92 Å². The highest BCUT2D eigenvalue weighted by molar-refractivity contribution is 9.10. The molecule has 0 radical (unpaired) electrons. The van der Waals surface area contributed by atoms with E-state index in [9.17, 15) is 4.79 Å².